The molecule has 1 aliphatic carbocycles. The Morgan fingerprint density at radius 1 is 1.17 bits per heavy atom. The summed E-state index contributed by atoms with van der Waals surface area (Å²) in [5, 5.41) is 5.62. The van der Waals surface area contributed by atoms with E-state index >= 15 is 0 Å². The van der Waals surface area contributed by atoms with Crippen LogP contribution in [0.15, 0.2) is 18.2 Å². The van der Waals surface area contributed by atoms with Crippen LogP contribution in [0.25, 0.3) is 0 Å². The largest absolute Gasteiger partial charge is 0.496 e. The first-order valence-electron chi connectivity index (χ1n) is 8.22. The van der Waals surface area contributed by atoms with Crippen LogP contribution >= 0.6 is 0 Å². The number of hydrogen-bond acceptors (Lipinski definition) is 4. The van der Waals surface area contributed by atoms with E-state index in [0.29, 0.717) is 19.7 Å². The summed E-state index contributed by atoms with van der Waals surface area (Å²) in [6.07, 6.45) is 1.92. The highest BCUT2D eigenvalue weighted by Gasteiger charge is 2.51. The maximum atomic E-state index is 12.6. The zero-order valence-electron chi connectivity index (χ0n) is 14.6. The molecule has 0 aromatic heterocycles. The highest BCUT2D eigenvalue weighted by atomic mass is 16.5. The predicted octanol–water partition coefficient (Wildman–Crippen LogP) is 1.30. The van der Waals surface area contributed by atoms with Gasteiger partial charge in [0.2, 0.25) is 11.8 Å². The van der Waals surface area contributed by atoms with Crippen molar-refractivity contribution in [1.82, 2.24) is 10.6 Å². The van der Waals surface area contributed by atoms with E-state index in [4.69, 9.17) is 9.47 Å². The Morgan fingerprint density at radius 3 is 2.54 bits per heavy atom. The molecule has 2 N–H and O–H groups in total. The van der Waals surface area contributed by atoms with Gasteiger partial charge in [-0.3, -0.25) is 9.59 Å². The van der Waals surface area contributed by atoms with Crippen LogP contribution in [0.2, 0.25) is 0 Å². The Balaban J connectivity index is 1.87. The molecule has 2 rings (SSSR count). The van der Waals surface area contributed by atoms with Crippen LogP contribution in [0.4, 0.5) is 0 Å². The van der Waals surface area contributed by atoms with Crippen LogP contribution in [0.5, 0.6) is 5.75 Å². The van der Waals surface area contributed by atoms with E-state index in [0.717, 1.165) is 29.7 Å². The molecular weight excluding hydrogens is 308 g/mol. The van der Waals surface area contributed by atoms with Gasteiger partial charge in [-0.15, -0.1) is 0 Å². The van der Waals surface area contributed by atoms with Crippen molar-refractivity contribution in [2.45, 2.75) is 31.6 Å². The monoisotopic (exact) mass is 334 g/mol. The van der Waals surface area contributed by atoms with Gasteiger partial charge in [0.25, 0.3) is 0 Å². The smallest absolute Gasteiger partial charge is 0.230 e. The lowest BCUT2D eigenvalue weighted by Gasteiger charge is -2.17. The maximum Gasteiger partial charge on any atom is 0.230 e. The third-order valence-corrected chi connectivity index (χ3v) is 4.41. The van der Waals surface area contributed by atoms with Crippen LogP contribution in [-0.2, 0) is 19.7 Å². The van der Waals surface area contributed by atoms with Gasteiger partial charge in [0.1, 0.15) is 5.75 Å². The van der Waals surface area contributed by atoms with E-state index < -0.39 is 5.41 Å². The van der Waals surface area contributed by atoms with Crippen molar-refractivity contribution >= 4 is 11.8 Å². The summed E-state index contributed by atoms with van der Waals surface area (Å²) in [5.74, 6) is 0.691. The van der Waals surface area contributed by atoms with Crippen molar-refractivity contribution in [2.75, 3.05) is 33.9 Å². The molecule has 1 aromatic carbocycles. The first kappa shape index (κ1) is 18.3. The van der Waals surface area contributed by atoms with Crippen molar-refractivity contribution in [3.05, 3.63) is 29.3 Å². The number of aryl methyl sites for hydroxylation is 1. The predicted molar refractivity (Wildman–Crippen MR) is 91.2 cm³/mol. The minimum atomic E-state index is -0.465. The molecule has 0 aliphatic heterocycles. The Morgan fingerprint density at radius 2 is 1.92 bits per heavy atom. The first-order valence-corrected chi connectivity index (χ1v) is 8.22. The Bertz CT molecular complexity index is 597. The van der Waals surface area contributed by atoms with Gasteiger partial charge in [0, 0.05) is 26.6 Å². The standard InChI is InChI=1S/C18H26N2O4/c1-13-4-5-14(12-15(13)24-3)18(7-8-18)17(22)20-9-6-16(21)19-10-11-23-2/h4-5,12H,6-11H2,1-3H3,(H,19,21)(H,20,22). The number of hydrogen-bond donors (Lipinski definition) is 2. The summed E-state index contributed by atoms with van der Waals surface area (Å²) >= 11 is 0. The van der Waals surface area contributed by atoms with E-state index in [2.05, 4.69) is 10.6 Å². The van der Waals surface area contributed by atoms with Crippen molar-refractivity contribution in [3.8, 4) is 5.75 Å². The molecule has 1 fully saturated rings. The van der Waals surface area contributed by atoms with Gasteiger partial charge in [0.05, 0.1) is 19.1 Å². The molecule has 0 radical (unpaired) electrons. The van der Waals surface area contributed by atoms with Gasteiger partial charge in [-0.05, 0) is 37.0 Å². The quantitative estimate of drug-likeness (QED) is 0.668. The summed E-state index contributed by atoms with van der Waals surface area (Å²) in [5.41, 5.74) is 1.56. The average Bonchev–Trinajstić information content (AvgIpc) is 3.37. The number of methoxy groups -OCH3 is 2. The zero-order valence-corrected chi connectivity index (χ0v) is 14.6. The average molecular weight is 334 g/mol. The molecule has 1 saturated carbocycles. The van der Waals surface area contributed by atoms with Crippen LogP contribution in [0, 0.1) is 6.92 Å². The topological polar surface area (TPSA) is 76.7 Å². The van der Waals surface area contributed by atoms with Crippen LogP contribution < -0.4 is 15.4 Å². The lowest BCUT2D eigenvalue weighted by atomic mass is 9.93. The van der Waals surface area contributed by atoms with E-state index in [-0.39, 0.29) is 18.2 Å². The molecular formula is C18H26N2O4. The minimum Gasteiger partial charge on any atom is -0.496 e. The Labute approximate surface area is 142 Å². The summed E-state index contributed by atoms with van der Waals surface area (Å²) in [7, 11) is 3.22. The molecule has 6 heteroatoms. The molecule has 0 heterocycles. The zero-order chi connectivity index (χ0) is 17.6. The first-order chi connectivity index (χ1) is 11.5. The maximum absolute atomic E-state index is 12.6. The second-order valence-corrected chi connectivity index (χ2v) is 6.12. The summed E-state index contributed by atoms with van der Waals surface area (Å²) in [6, 6.07) is 5.91. The second kappa shape index (κ2) is 8.15. The number of nitrogens with one attached hydrogen (secondary N) is 2. The number of carbonyl (C=O) groups is 2. The number of amides is 2. The van der Waals surface area contributed by atoms with E-state index in [1.54, 1.807) is 14.2 Å². The highest BCUT2D eigenvalue weighted by Crippen LogP contribution is 2.49. The molecule has 2 amide bonds. The number of benzene rings is 1. The summed E-state index contributed by atoms with van der Waals surface area (Å²) in [4.78, 5) is 24.2. The third-order valence-electron chi connectivity index (χ3n) is 4.41. The molecule has 0 unspecified atom stereocenters. The van der Waals surface area contributed by atoms with Crippen molar-refractivity contribution < 1.29 is 19.1 Å². The molecule has 132 valence electrons. The van der Waals surface area contributed by atoms with E-state index in [1.165, 1.54) is 0 Å². The molecule has 6 nitrogen and oxygen atoms in total. The van der Waals surface area contributed by atoms with Gasteiger partial charge in [-0.25, -0.2) is 0 Å². The fourth-order valence-electron chi connectivity index (χ4n) is 2.73. The lowest BCUT2D eigenvalue weighted by Crippen LogP contribution is -2.37. The number of carbonyl (C=O) groups excluding carboxylic acids is 2. The summed E-state index contributed by atoms with van der Waals surface area (Å²) in [6.45, 7) is 3.28. The Hall–Kier alpha value is -2.08. The number of ether oxygens (including phenoxy) is 2. The van der Waals surface area contributed by atoms with Gasteiger partial charge >= 0.3 is 0 Å². The van der Waals surface area contributed by atoms with Crippen molar-refractivity contribution in [3.63, 3.8) is 0 Å². The molecule has 0 atom stereocenters. The fourth-order valence-corrected chi connectivity index (χ4v) is 2.73. The van der Waals surface area contributed by atoms with Gasteiger partial charge in [0.15, 0.2) is 0 Å². The minimum absolute atomic E-state index is 0.0157. The van der Waals surface area contributed by atoms with Crippen molar-refractivity contribution in [2.24, 2.45) is 0 Å². The summed E-state index contributed by atoms with van der Waals surface area (Å²) < 4.78 is 10.2. The fraction of sp³-hybridized carbons (Fsp3) is 0.556. The third kappa shape index (κ3) is 4.26. The van der Waals surface area contributed by atoms with E-state index in [9.17, 15) is 9.59 Å². The van der Waals surface area contributed by atoms with Crippen LogP contribution in [-0.4, -0.2) is 45.7 Å². The highest BCUT2D eigenvalue weighted by molar-refractivity contribution is 5.91. The lowest BCUT2D eigenvalue weighted by molar-refractivity contribution is -0.124. The Kier molecular flexibility index (Phi) is 6.20. The molecule has 1 aromatic rings. The normalized spacial score (nSPS) is 14.8. The van der Waals surface area contributed by atoms with Gasteiger partial charge in [-0.1, -0.05) is 12.1 Å². The van der Waals surface area contributed by atoms with Gasteiger partial charge < -0.3 is 20.1 Å². The molecule has 1 aliphatic rings. The van der Waals surface area contributed by atoms with Gasteiger partial charge in [-0.2, -0.15) is 0 Å². The molecule has 0 saturated heterocycles. The molecule has 0 spiro atoms. The van der Waals surface area contributed by atoms with Crippen LogP contribution in [0.1, 0.15) is 30.4 Å². The number of rotatable bonds is 9. The molecule has 0 bridgehead atoms. The van der Waals surface area contributed by atoms with Crippen LogP contribution in [0.3, 0.4) is 0 Å². The van der Waals surface area contributed by atoms with Crippen molar-refractivity contribution in [1.29, 1.82) is 0 Å². The second-order valence-electron chi connectivity index (χ2n) is 6.12. The SMILES string of the molecule is COCCNC(=O)CCNC(=O)C1(c2ccc(C)c(OC)c2)CC1. The molecule has 24 heavy (non-hydrogen) atoms. The van der Waals surface area contributed by atoms with E-state index in [1.807, 2.05) is 25.1 Å².